The molecule has 0 bridgehead atoms. The van der Waals surface area contributed by atoms with E-state index >= 15 is 0 Å². The van der Waals surface area contributed by atoms with Crippen LogP contribution in [-0.4, -0.2) is 71.3 Å². The van der Waals surface area contributed by atoms with Crippen molar-refractivity contribution in [3.05, 3.63) is 101 Å². The van der Waals surface area contributed by atoms with E-state index in [1.54, 1.807) is 4.90 Å². The van der Waals surface area contributed by atoms with Crippen LogP contribution in [-0.2, 0) is 22.4 Å². The number of hydrogen-bond acceptors (Lipinski definition) is 5. The Labute approximate surface area is 279 Å². The van der Waals surface area contributed by atoms with Crippen LogP contribution in [0.3, 0.4) is 0 Å². The maximum absolute atomic E-state index is 14.1. The predicted molar refractivity (Wildman–Crippen MR) is 184 cm³/mol. The maximum atomic E-state index is 14.1. The molecule has 1 aliphatic heterocycles. The molecule has 9 nitrogen and oxygen atoms in total. The van der Waals surface area contributed by atoms with Crippen LogP contribution >= 0.6 is 0 Å². The summed E-state index contributed by atoms with van der Waals surface area (Å²) in [5.74, 6) is -0.122. The molecular weight excluding hydrogens is 592 g/mol. The number of aryl methyl sites for hydroxylation is 2. The molecule has 252 valence electrons. The lowest BCUT2D eigenvalue weighted by molar-refractivity contribution is -0.135. The summed E-state index contributed by atoms with van der Waals surface area (Å²) in [5.41, 5.74) is 2.73. The molecule has 3 aromatic carbocycles. The number of aliphatic hydroxyl groups excluding tert-OH is 1. The number of rotatable bonds is 15. The van der Waals surface area contributed by atoms with Crippen LogP contribution < -0.4 is 20.7 Å². The summed E-state index contributed by atoms with van der Waals surface area (Å²) >= 11 is 0. The van der Waals surface area contributed by atoms with Crippen LogP contribution in [0.15, 0.2) is 78.9 Å². The van der Waals surface area contributed by atoms with Gasteiger partial charge < -0.3 is 30.7 Å². The topological polar surface area (TPSA) is 120 Å². The van der Waals surface area contributed by atoms with E-state index in [-0.39, 0.29) is 36.8 Å². The molecule has 0 saturated carbocycles. The van der Waals surface area contributed by atoms with Gasteiger partial charge in [0, 0.05) is 19.1 Å². The largest absolute Gasteiger partial charge is 0.483 e. The lowest BCUT2D eigenvalue weighted by Gasteiger charge is -2.45. The standard InChI is InChI=1S/C38H50N4O5/c1-26(2)38(5,42-21-13-20-39-37(42)46)36(45)40-31(22-29-16-8-6-9-17-29)24-33(43)32(23-30-18-10-7-11-19-30)41-34(44)25-47-35-27(3)14-12-15-28(35)4/h6-12,14-19,26,31-33,43H,13,20-25H2,1-5H3,(H,39,46)(H,40,45)(H,41,44)/t31-,32+,33-,38+/m1/s1. The fraction of sp³-hybridized carbons (Fsp3) is 0.447. The second-order valence-corrected chi connectivity index (χ2v) is 13.1. The molecule has 0 spiro atoms. The highest BCUT2D eigenvalue weighted by Crippen LogP contribution is 2.28. The molecular formula is C38H50N4O5. The Kier molecular flexibility index (Phi) is 12.4. The molecule has 1 aliphatic rings. The van der Waals surface area contributed by atoms with Crippen LogP contribution in [0.2, 0.25) is 0 Å². The average molecular weight is 643 g/mol. The van der Waals surface area contributed by atoms with Crippen molar-refractivity contribution in [3.8, 4) is 5.75 Å². The molecule has 4 N–H and O–H groups in total. The van der Waals surface area contributed by atoms with Gasteiger partial charge in [0.1, 0.15) is 11.3 Å². The van der Waals surface area contributed by atoms with Crippen LogP contribution in [0.4, 0.5) is 4.79 Å². The zero-order chi connectivity index (χ0) is 34.0. The molecule has 0 aliphatic carbocycles. The van der Waals surface area contributed by atoms with Crippen molar-refractivity contribution in [3.63, 3.8) is 0 Å². The van der Waals surface area contributed by atoms with Gasteiger partial charge in [-0.3, -0.25) is 9.59 Å². The quantitative estimate of drug-likeness (QED) is 0.191. The number of benzene rings is 3. The monoisotopic (exact) mass is 642 g/mol. The number of amides is 4. The van der Waals surface area contributed by atoms with E-state index in [1.165, 1.54) is 0 Å². The molecule has 47 heavy (non-hydrogen) atoms. The zero-order valence-electron chi connectivity index (χ0n) is 28.3. The van der Waals surface area contributed by atoms with E-state index in [0.29, 0.717) is 31.7 Å². The summed E-state index contributed by atoms with van der Waals surface area (Å²) in [7, 11) is 0. The molecule has 1 saturated heterocycles. The number of urea groups is 1. The number of carbonyl (C=O) groups excluding carboxylic acids is 3. The summed E-state index contributed by atoms with van der Waals surface area (Å²) in [6.07, 6.45) is 0.779. The predicted octanol–water partition coefficient (Wildman–Crippen LogP) is 4.72. The summed E-state index contributed by atoms with van der Waals surface area (Å²) < 4.78 is 5.91. The molecule has 0 aromatic heterocycles. The van der Waals surface area contributed by atoms with Gasteiger partial charge in [-0.2, -0.15) is 0 Å². The number of ether oxygens (including phenoxy) is 1. The van der Waals surface area contributed by atoms with Crippen LogP contribution in [0.5, 0.6) is 5.75 Å². The number of nitrogens with one attached hydrogen (secondary N) is 3. The highest BCUT2D eigenvalue weighted by molar-refractivity contribution is 5.91. The van der Waals surface area contributed by atoms with Crippen LogP contribution in [0.1, 0.15) is 55.9 Å². The Morgan fingerprint density at radius 2 is 1.51 bits per heavy atom. The van der Waals surface area contributed by atoms with Gasteiger partial charge in [-0.1, -0.05) is 92.7 Å². The lowest BCUT2D eigenvalue weighted by Crippen LogP contribution is -2.66. The Bertz CT molecular complexity index is 1460. The number of nitrogens with zero attached hydrogens (tertiary/aromatic N) is 1. The number of aliphatic hydroxyl groups is 1. The minimum atomic E-state index is -1.10. The fourth-order valence-electron chi connectivity index (χ4n) is 6.21. The van der Waals surface area contributed by atoms with Crippen molar-refractivity contribution in [2.75, 3.05) is 19.7 Å². The minimum Gasteiger partial charge on any atom is -0.483 e. The average Bonchev–Trinajstić information content (AvgIpc) is 3.05. The minimum absolute atomic E-state index is 0.171. The normalized spacial score (nSPS) is 16.4. The molecule has 1 heterocycles. The maximum Gasteiger partial charge on any atom is 0.318 e. The first-order chi connectivity index (χ1) is 22.5. The van der Waals surface area contributed by atoms with Crippen LogP contribution in [0, 0.1) is 19.8 Å². The smallest absolute Gasteiger partial charge is 0.318 e. The van der Waals surface area contributed by atoms with Crippen molar-refractivity contribution in [2.45, 2.75) is 84.0 Å². The summed E-state index contributed by atoms with van der Waals surface area (Å²) in [5, 5.41) is 20.9. The highest BCUT2D eigenvalue weighted by atomic mass is 16.5. The highest BCUT2D eigenvalue weighted by Gasteiger charge is 2.46. The van der Waals surface area contributed by atoms with Crippen molar-refractivity contribution in [1.29, 1.82) is 0 Å². The van der Waals surface area contributed by atoms with E-state index in [4.69, 9.17) is 4.74 Å². The van der Waals surface area contributed by atoms with E-state index in [1.807, 2.05) is 113 Å². The molecule has 3 aromatic rings. The molecule has 0 radical (unpaired) electrons. The summed E-state index contributed by atoms with van der Waals surface area (Å²) in [6, 6.07) is 23.9. The first kappa shape index (κ1) is 35.5. The van der Waals surface area contributed by atoms with Gasteiger partial charge in [-0.05, 0) is 74.6 Å². The lowest BCUT2D eigenvalue weighted by atomic mass is 9.84. The zero-order valence-corrected chi connectivity index (χ0v) is 28.3. The van der Waals surface area contributed by atoms with Crippen LogP contribution in [0.25, 0.3) is 0 Å². The molecule has 1 fully saturated rings. The van der Waals surface area contributed by atoms with Gasteiger partial charge in [-0.15, -0.1) is 0 Å². The molecule has 4 amide bonds. The Hall–Kier alpha value is -4.37. The van der Waals surface area contributed by atoms with Gasteiger partial charge in [0.05, 0.1) is 12.1 Å². The first-order valence-electron chi connectivity index (χ1n) is 16.6. The van der Waals surface area contributed by atoms with Crippen molar-refractivity contribution in [1.82, 2.24) is 20.9 Å². The van der Waals surface area contributed by atoms with Crippen molar-refractivity contribution in [2.24, 2.45) is 5.92 Å². The van der Waals surface area contributed by atoms with Gasteiger partial charge >= 0.3 is 6.03 Å². The van der Waals surface area contributed by atoms with Crippen molar-refractivity contribution >= 4 is 17.8 Å². The fourth-order valence-corrected chi connectivity index (χ4v) is 6.21. The van der Waals surface area contributed by atoms with E-state index in [2.05, 4.69) is 16.0 Å². The second kappa shape index (κ2) is 16.5. The SMILES string of the molecule is Cc1cccc(C)c1OCC(=O)N[C@@H](Cc1ccccc1)[C@H](O)C[C@@H](Cc1ccccc1)NC(=O)[C@](C)(C(C)C)N1CCCNC1=O. The van der Waals surface area contributed by atoms with Gasteiger partial charge in [0.15, 0.2) is 6.61 Å². The van der Waals surface area contributed by atoms with E-state index in [0.717, 1.165) is 28.7 Å². The number of para-hydroxylation sites is 1. The summed E-state index contributed by atoms with van der Waals surface area (Å²) in [4.78, 5) is 41.9. The third kappa shape index (κ3) is 9.35. The number of hydrogen-bond donors (Lipinski definition) is 4. The Morgan fingerprint density at radius 3 is 2.09 bits per heavy atom. The van der Waals surface area contributed by atoms with Gasteiger partial charge in [0.25, 0.3) is 5.91 Å². The van der Waals surface area contributed by atoms with Gasteiger partial charge in [0.2, 0.25) is 5.91 Å². The Balaban J connectivity index is 1.55. The van der Waals surface area contributed by atoms with Gasteiger partial charge in [-0.25, -0.2) is 4.79 Å². The molecule has 0 unspecified atom stereocenters. The molecule has 9 heteroatoms. The third-order valence-corrected chi connectivity index (χ3v) is 9.28. The molecule has 4 atom stereocenters. The first-order valence-corrected chi connectivity index (χ1v) is 16.6. The van der Waals surface area contributed by atoms with E-state index in [9.17, 15) is 19.5 Å². The number of carbonyl (C=O) groups is 3. The second-order valence-electron chi connectivity index (χ2n) is 13.1. The Morgan fingerprint density at radius 1 is 0.915 bits per heavy atom. The molecule has 4 rings (SSSR count). The van der Waals surface area contributed by atoms with E-state index < -0.39 is 23.7 Å². The summed E-state index contributed by atoms with van der Waals surface area (Å²) in [6.45, 7) is 10.4. The van der Waals surface area contributed by atoms with Crippen molar-refractivity contribution < 1.29 is 24.2 Å². The third-order valence-electron chi connectivity index (χ3n) is 9.28.